The summed E-state index contributed by atoms with van der Waals surface area (Å²) in [7, 11) is 1.56. The van der Waals surface area contributed by atoms with Gasteiger partial charge in [-0.15, -0.1) is 0 Å². The van der Waals surface area contributed by atoms with Crippen molar-refractivity contribution in [3.05, 3.63) is 77.4 Å². The van der Waals surface area contributed by atoms with Gasteiger partial charge >= 0.3 is 5.97 Å². The normalized spacial score (nSPS) is 14.2. The van der Waals surface area contributed by atoms with Crippen LogP contribution < -0.4 is 14.8 Å². The molecule has 0 unspecified atom stereocenters. The summed E-state index contributed by atoms with van der Waals surface area (Å²) >= 11 is 5.92. The second kappa shape index (κ2) is 9.77. The van der Waals surface area contributed by atoms with Gasteiger partial charge in [-0.05, 0) is 67.4 Å². The van der Waals surface area contributed by atoms with E-state index in [0.29, 0.717) is 28.1 Å². The number of ether oxygens (including phenoxy) is 2. The molecule has 2 heterocycles. The Balaban J connectivity index is 1.47. The lowest BCUT2D eigenvalue weighted by Crippen LogP contribution is -2.23. The number of carbonyl (C=O) groups excluding carboxylic acids is 1. The number of hydrogen-bond donors (Lipinski definition) is 1. The predicted molar refractivity (Wildman–Crippen MR) is 134 cm³/mol. The van der Waals surface area contributed by atoms with E-state index in [1.807, 2.05) is 36.5 Å². The Morgan fingerprint density at radius 2 is 1.82 bits per heavy atom. The molecule has 0 radical (unpaired) electrons. The minimum atomic E-state index is -0.477. The van der Waals surface area contributed by atoms with Crippen molar-refractivity contribution in [3.63, 3.8) is 0 Å². The molecule has 0 saturated heterocycles. The number of pyridine rings is 1. The van der Waals surface area contributed by atoms with Crippen LogP contribution >= 0.6 is 11.6 Å². The number of benzene rings is 2. The van der Waals surface area contributed by atoms with Gasteiger partial charge in [0.1, 0.15) is 17.2 Å². The van der Waals surface area contributed by atoms with Gasteiger partial charge in [-0.3, -0.25) is 4.40 Å². The topological polar surface area (TPSA) is 64.9 Å². The predicted octanol–water partition coefficient (Wildman–Crippen LogP) is 6.63. The summed E-state index contributed by atoms with van der Waals surface area (Å²) in [5.74, 6) is 1.29. The highest BCUT2D eigenvalue weighted by molar-refractivity contribution is 6.30. The fourth-order valence-electron chi connectivity index (χ4n) is 4.42. The molecule has 1 saturated carbocycles. The Morgan fingerprint density at radius 3 is 2.59 bits per heavy atom. The Kier molecular flexibility index (Phi) is 6.41. The molecule has 1 aliphatic rings. The molecule has 1 aliphatic carbocycles. The number of aromatic nitrogens is 2. The van der Waals surface area contributed by atoms with E-state index in [2.05, 4.69) is 9.72 Å². The number of halogens is 1. The van der Waals surface area contributed by atoms with Gasteiger partial charge in [-0.2, -0.15) is 0 Å². The summed E-state index contributed by atoms with van der Waals surface area (Å²) in [4.78, 5) is 17.5. The van der Waals surface area contributed by atoms with Crippen LogP contribution in [0.4, 0.5) is 5.82 Å². The van der Waals surface area contributed by atoms with E-state index >= 15 is 0 Å². The maximum absolute atomic E-state index is 12.6. The maximum atomic E-state index is 12.6. The molecule has 6 nitrogen and oxygen atoms in total. The smallest absolute Gasteiger partial charge is 0.343 e. The van der Waals surface area contributed by atoms with Crippen molar-refractivity contribution in [1.29, 1.82) is 0 Å². The van der Waals surface area contributed by atoms with Crippen molar-refractivity contribution in [3.8, 4) is 22.8 Å². The van der Waals surface area contributed by atoms with E-state index in [9.17, 15) is 4.79 Å². The number of methoxy groups -OCH3 is 1. The molecule has 0 spiro atoms. The number of imidazole rings is 1. The quantitative estimate of drug-likeness (QED) is 0.250. The van der Waals surface area contributed by atoms with Crippen molar-refractivity contribution in [2.75, 3.05) is 12.4 Å². The van der Waals surface area contributed by atoms with E-state index in [4.69, 9.17) is 26.1 Å². The highest BCUT2D eigenvalue weighted by atomic mass is 35.5. The van der Waals surface area contributed by atoms with Gasteiger partial charge < -0.3 is 14.8 Å². The van der Waals surface area contributed by atoms with Gasteiger partial charge in [0.25, 0.3) is 0 Å². The highest BCUT2D eigenvalue weighted by Gasteiger charge is 2.21. The van der Waals surface area contributed by atoms with Gasteiger partial charge in [0.05, 0.1) is 12.7 Å². The third-order valence-corrected chi connectivity index (χ3v) is 6.45. The molecular formula is C27H26ClN3O3. The molecule has 0 aliphatic heterocycles. The van der Waals surface area contributed by atoms with Crippen LogP contribution in [0.1, 0.15) is 42.5 Å². The van der Waals surface area contributed by atoms with Crippen LogP contribution in [-0.4, -0.2) is 28.5 Å². The molecule has 0 atom stereocenters. The Morgan fingerprint density at radius 1 is 1.03 bits per heavy atom. The molecule has 174 valence electrons. The molecule has 0 bridgehead atoms. The number of rotatable bonds is 6. The zero-order chi connectivity index (χ0) is 23.5. The zero-order valence-electron chi connectivity index (χ0n) is 19.0. The zero-order valence-corrected chi connectivity index (χ0v) is 19.7. The first kappa shape index (κ1) is 22.3. The molecule has 1 fully saturated rings. The Hall–Kier alpha value is -3.51. The van der Waals surface area contributed by atoms with Crippen molar-refractivity contribution in [2.45, 2.75) is 38.1 Å². The Labute approximate surface area is 203 Å². The Bertz CT molecular complexity index is 1310. The van der Waals surface area contributed by atoms with Crippen molar-refractivity contribution < 1.29 is 14.3 Å². The van der Waals surface area contributed by atoms with Crippen LogP contribution in [0.25, 0.3) is 16.9 Å². The summed E-state index contributed by atoms with van der Waals surface area (Å²) in [6.45, 7) is 0. The van der Waals surface area contributed by atoms with E-state index in [0.717, 1.165) is 35.6 Å². The first-order valence-corrected chi connectivity index (χ1v) is 11.9. The van der Waals surface area contributed by atoms with Crippen molar-refractivity contribution in [1.82, 2.24) is 9.38 Å². The SMILES string of the molecule is COc1cc(-c2nc3ccccn3c2NC2CCCCC2)ccc1OC(=O)c1ccc(Cl)cc1. The van der Waals surface area contributed by atoms with E-state index < -0.39 is 5.97 Å². The summed E-state index contributed by atoms with van der Waals surface area (Å²) in [5, 5.41) is 4.30. The highest BCUT2D eigenvalue weighted by Crippen LogP contribution is 2.37. The summed E-state index contributed by atoms with van der Waals surface area (Å²) in [6.07, 6.45) is 8.11. The standard InChI is InChI=1S/C27H26ClN3O3/c1-33-23-17-19(12-15-22(23)34-27(32)18-10-13-20(28)14-11-18)25-26(29-21-7-3-2-4-8-21)31-16-6-5-9-24(31)30-25/h5-6,9-17,21,29H,2-4,7-8H2,1H3. The summed E-state index contributed by atoms with van der Waals surface area (Å²) in [6, 6.07) is 18.5. The van der Waals surface area contributed by atoms with Crippen LogP contribution in [0.3, 0.4) is 0 Å². The molecule has 5 rings (SSSR count). The van der Waals surface area contributed by atoms with Gasteiger partial charge in [0.2, 0.25) is 0 Å². The lowest BCUT2D eigenvalue weighted by molar-refractivity contribution is 0.0730. The van der Waals surface area contributed by atoms with Crippen LogP contribution in [0.2, 0.25) is 5.02 Å². The van der Waals surface area contributed by atoms with Crippen LogP contribution in [0.5, 0.6) is 11.5 Å². The minimum absolute atomic E-state index is 0.344. The van der Waals surface area contributed by atoms with Crippen LogP contribution in [0.15, 0.2) is 66.9 Å². The number of fused-ring (bicyclic) bond motifs is 1. The molecule has 4 aromatic rings. The molecule has 34 heavy (non-hydrogen) atoms. The molecule has 0 amide bonds. The molecule has 2 aromatic carbocycles. The minimum Gasteiger partial charge on any atom is -0.493 e. The second-order valence-electron chi connectivity index (χ2n) is 8.48. The average molecular weight is 476 g/mol. The third kappa shape index (κ3) is 4.59. The fraction of sp³-hybridized carbons (Fsp3) is 0.259. The van der Waals surface area contributed by atoms with E-state index in [1.165, 1.54) is 19.3 Å². The van der Waals surface area contributed by atoms with Crippen LogP contribution in [0, 0.1) is 0 Å². The fourth-order valence-corrected chi connectivity index (χ4v) is 4.55. The van der Waals surface area contributed by atoms with Gasteiger partial charge in [0, 0.05) is 22.8 Å². The number of nitrogens with zero attached hydrogens (tertiary/aromatic N) is 2. The van der Waals surface area contributed by atoms with Gasteiger partial charge in [-0.25, -0.2) is 9.78 Å². The second-order valence-corrected chi connectivity index (χ2v) is 8.92. The van der Waals surface area contributed by atoms with E-state index in [1.54, 1.807) is 37.4 Å². The van der Waals surface area contributed by atoms with Crippen LogP contribution in [-0.2, 0) is 0 Å². The number of nitrogens with one attached hydrogen (secondary N) is 1. The summed E-state index contributed by atoms with van der Waals surface area (Å²) < 4.78 is 13.3. The summed E-state index contributed by atoms with van der Waals surface area (Å²) in [5.41, 5.74) is 3.00. The molecule has 7 heteroatoms. The number of anilines is 1. The number of hydrogen-bond acceptors (Lipinski definition) is 5. The molecular weight excluding hydrogens is 450 g/mol. The lowest BCUT2D eigenvalue weighted by atomic mass is 9.95. The number of carbonyl (C=O) groups is 1. The first-order valence-electron chi connectivity index (χ1n) is 11.5. The lowest BCUT2D eigenvalue weighted by Gasteiger charge is -2.24. The van der Waals surface area contributed by atoms with Gasteiger partial charge in [0.15, 0.2) is 11.5 Å². The average Bonchev–Trinajstić information content (AvgIpc) is 3.23. The van der Waals surface area contributed by atoms with E-state index in [-0.39, 0.29) is 0 Å². The first-order chi connectivity index (χ1) is 16.6. The molecule has 2 aromatic heterocycles. The molecule has 1 N–H and O–H groups in total. The van der Waals surface area contributed by atoms with Gasteiger partial charge in [-0.1, -0.05) is 36.9 Å². The third-order valence-electron chi connectivity index (χ3n) is 6.20. The van der Waals surface area contributed by atoms with Crippen molar-refractivity contribution >= 4 is 29.0 Å². The maximum Gasteiger partial charge on any atom is 0.343 e. The monoisotopic (exact) mass is 475 g/mol. The number of esters is 1. The largest absolute Gasteiger partial charge is 0.493 e. The van der Waals surface area contributed by atoms with Crippen molar-refractivity contribution in [2.24, 2.45) is 0 Å².